The number of methoxy groups -OCH3 is 1. The van der Waals surface area contributed by atoms with Crippen LogP contribution in [0.25, 0.3) is 0 Å². The summed E-state index contributed by atoms with van der Waals surface area (Å²) in [7, 11) is 1.42. The number of allylic oxidation sites excluding steroid dienone is 2. The summed E-state index contributed by atoms with van der Waals surface area (Å²) < 4.78 is 6.07. The lowest BCUT2D eigenvalue weighted by Crippen LogP contribution is -2.26. The van der Waals surface area contributed by atoms with E-state index in [1.807, 2.05) is 78.7 Å². The van der Waals surface area contributed by atoms with Gasteiger partial charge in [-0.05, 0) is 36.8 Å². The minimum absolute atomic E-state index is 0.106. The Morgan fingerprint density at radius 3 is 2.38 bits per heavy atom. The molecule has 2 aromatic carbocycles. The number of benzene rings is 2. The third-order valence-corrected chi connectivity index (χ3v) is 4.69. The lowest BCUT2D eigenvalue weighted by molar-refractivity contribution is -0.136. The van der Waals surface area contributed by atoms with E-state index in [0.717, 1.165) is 21.4 Å². The average Bonchev–Trinajstić information content (AvgIpc) is 2.62. The molecular formula is C20H18BrNO2. The van der Waals surface area contributed by atoms with Gasteiger partial charge < -0.3 is 9.64 Å². The summed E-state index contributed by atoms with van der Waals surface area (Å²) in [5.41, 5.74) is 3.61. The molecule has 0 fully saturated rings. The van der Waals surface area contributed by atoms with E-state index < -0.39 is 0 Å². The maximum atomic E-state index is 12.4. The minimum atomic E-state index is -0.298. The second kappa shape index (κ2) is 7.05. The maximum absolute atomic E-state index is 12.4. The van der Waals surface area contributed by atoms with E-state index in [1.54, 1.807) is 0 Å². The largest absolute Gasteiger partial charge is 0.466 e. The smallest absolute Gasteiger partial charge is 0.336 e. The summed E-state index contributed by atoms with van der Waals surface area (Å²) in [5.74, 6) is -0.404. The molecular weight excluding hydrogens is 366 g/mol. The fraction of sp³-hybridized carbons (Fsp3) is 0.150. The fourth-order valence-electron chi connectivity index (χ4n) is 2.94. The van der Waals surface area contributed by atoms with Crippen LogP contribution in [-0.4, -0.2) is 13.1 Å². The highest BCUT2D eigenvalue weighted by molar-refractivity contribution is 9.10. The predicted molar refractivity (Wildman–Crippen MR) is 99.7 cm³/mol. The van der Waals surface area contributed by atoms with Crippen molar-refractivity contribution in [2.75, 3.05) is 12.0 Å². The van der Waals surface area contributed by atoms with Crippen LogP contribution in [0.1, 0.15) is 18.4 Å². The molecule has 0 bridgehead atoms. The molecule has 3 rings (SSSR count). The lowest BCUT2D eigenvalue weighted by Gasteiger charge is -2.31. The molecule has 0 N–H and O–H groups in total. The number of carbonyl (C=O) groups excluding carboxylic acids is 1. The molecule has 122 valence electrons. The number of hydrogen-bond donors (Lipinski definition) is 0. The maximum Gasteiger partial charge on any atom is 0.336 e. The van der Waals surface area contributed by atoms with Gasteiger partial charge >= 0.3 is 5.97 Å². The van der Waals surface area contributed by atoms with Gasteiger partial charge in [0.25, 0.3) is 0 Å². The van der Waals surface area contributed by atoms with Crippen molar-refractivity contribution in [2.45, 2.75) is 12.8 Å². The van der Waals surface area contributed by atoms with Crippen molar-refractivity contribution < 1.29 is 9.53 Å². The van der Waals surface area contributed by atoms with Gasteiger partial charge in [0.1, 0.15) is 0 Å². The van der Waals surface area contributed by atoms with Gasteiger partial charge in [0.05, 0.1) is 12.7 Å². The Labute approximate surface area is 150 Å². The fourth-order valence-corrected chi connectivity index (χ4v) is 3.20. The summed E-state index contributed by atoms with van der Waals surface area (Å²) in [5, 5.41) is 0. The zero-order chi connectivity index (χ0) is 17.1. The van der Waals surface area contributed by atoms with Crippen LogP contribution in [0.5, 0.6) is 0 Å². The van der Waals surface area contributed by atoms with Gasteiger partial charge in [-0.25, -0.2) is 4.79 Å². The summed E-state index contributed by atoms with van der Waals surface area (Å²) >= 11 is 3.45. The molecule has 1 heterocycles. The van der Waals surface area contributed by atoms with E-state index >= 15 is 0 Å². The number of ether oxygens (including phenoxy) is 1. The van der Waals surface area contributed by atoms with Crippen molar-refractivity contribution in [1.29, 1.82) is 0 Å². The lowest BCUT2D eigenvalue weighted by atomic mass is 9.87. The molecule has 0 aromatic heterocycles. The predicted octanol–water partition coefficient (Wildman–Crippen LogP) is 5.01. The third kappa shape index (κ3) is 3.15. The van der Waals surface area contributed by atoms with Gasteiger partial charge in [-0.15, -0.1) is 0 Å². The molecule has 0 saturated heterocycles. The monoisotopic (exact) mass is 383 g/mol. The highest BCUT2D eigenvalue weighted by Gasteiger charge is 2.29. The van der Waals surface area contributed by atoms with E-state index in [2.05, 4.69) is 15.9 Å². The quantitative estimate of drug-likeness (QED) is 0.697. The zero-order valence-electron chi connectivity index (χ0n) is 13.6. The first-order chi connectivity index (χ1) is 11.6. The van der Waals surface area contributed by atoms with Crippen molar-refractivity contribution >= 4 is 27.6 Å². The van der Waals surface area contributed by atoms with Crippen LogP contribution < -0.4 is 4.90 Å². The van der Waals surface area contributed by atoms with Crippen LogP contribution in [0.2, 0.25) is 0 Å². The highest BCUT2D eigenvalue weighted by atomic mass is 79.9. The first-order valence-electron chi connectivity index (χ1n) is 7.69. The van der Waals surface area contributed by atoms with Crippen LogP contribution >= 0.6 is 15.9 Å². The SMILES string of the molecule is COC(=O)C1=C(C)N(c2ccc(Br)cc2)C=CC1c1ccccc1. The summed E-state index contributed by atoms with van der Waals surface area (Å²) in [4.78, 5) is 14.5. The molecule has 0 spiro atoms. The highest BCUT2D eigenvalue weighted by Crippen LogP contribution is 2.36. The molecule has 3 nitrogen and oxygen atoms in total. The van der Waals surface area contributed by atoms with Gasteiger partial charge in [0.2, 0.25) is 0 Å². The molecule has 4 heteroatoms. The normalized spacial score (nSPS) is 17.1. The summed E-state index contributed by atoms with van der Waals surface area (Å²) in [6, 6.07) is 18.0. The molecule has 24 heavy (non-hydrogen) atoms. The second-order valence-electron chi connectivity index (χ2n) is 5.57. The van der Waals surface area contributed by atoms with E-state index in [9.17, 15) is 4.79 Å². The second-order valence-corrected chi connectivity index (χ2v) is 6.48. The van der Waals surface area contributed by atoms with E-state index in [-0.39, 0.29) is 11.9 Å². The van der Waals surface area contributed by atoms with Crippen molar-refractivity contribution in [3.8, 4) is 0 Å². The third-order valence-electron chi connectivity index (χ3n) is 4.16. The van der Waals surface area contributed by atoms with E-state index in [0.29, 0.717) is 5.57 Å². The van der Waals surface area contributed by atoms with Gasteiger partial charge in [0.15, 0.2) is 0 Å². The number of carbonyl (C=O) groups is 1. The van der Waals surface area contributed by atoms with Crippen molar-refractivity contribution in [3.05, 3.63) is 88.2 Å². The standard InChI is InChI=1S/C20H18BrNO2/c1-14-19(20(23)24-2)18(15-6-4-3-5-7-15)12-13-22(14)17-10-8-16(21)9-11-17/h3-13,18H,1-2H3. The number of rotatable bonds is 3. The summed E-state index contributed by atoms with van der Waals surface area (Å²) in [6.07, 6.45) is 4.05. The van der Waals surface area contributed by atoms with Crippen molar-refractivity contribution in [1.82, 2.24) is 0 Å². The van der Waals surface area contributed by atoms with Crippen LogP contribution in [0, 0.1) is 0 Å². The molecule has 1 unspecified atom stereocenters. The van der Waals surface area contributed by atoms with Gasteiger partial charge in [0, 0.05) is 28.0 Å². The minimum Gasteiger partial charge on any atom is -0.466 e. The number of esters is 1. The van der Waals surface area contributed by atoms with Crippen LogP contribution in [0.15, 0.2) is 82.6 Å². The molecule has 2 aromatic rings. The van der Waals surface area contributed by atoms with Crippen molar-refractivity contribution in [2.24, 2.45) is 0 Å². The molecule has 1 aliphatic heterocycles. The Morgan fingerprint density at radius 2 is 1.75 bits per heavy atom. The molecule has 0 radical (unpaired) electrons. The van der Waals surface area contributed by atoms with Crippen LogP contribution in [0.4, 0.5) is 5.69 Å². The Hall–Kier alpha value is -2.33. The molecule has 1 atom stereocenters. The van der Waals surface area contributed by atoms with Crippen molar-refractivity contribution in [3.63, 3.8) is 0 Å². The molecule has 0 amide bonds. The topological polar surface area (TPSA) is 29.5 Å². The zero-order valence-corrected chi connectivity index (χ0v) is 15.2. The Kier molecular flexibility index (Phi) is 4.86. The van der Waals surface area contributed by atoms with Gasteiger partial charge in [-0.2, -0.15) is 0 Å². The van der Waals surface area contributed by atoms with Gasteiger partial charge in [-0.1, -0.05) is 52.3 Å². The Balaban J connectivity index is 2.06. The summed E-state index contributed by atoms with van der Waals surface area (Å²) in [6.45, 7) is 1.95. The number of hydrogen-bond acceptors (Lipinski definition) is 3. The first kappa shape index (κ1) is 16.5. The molecule has 0 saturated carbocycles. The Morgan fingerprint density at radius 1 is 1.08 bits per heavy atom. The van der Waals surface area contributed by atoms with Crippen LogP contribution in [0.3, 0.4) is 0 Å². The number of anilines is 1. The van der Waals surface area contributed by atoms with E-state index in [1.165, 1.54) is 7.11 Å². The number of halogens is 1. The van der Waals surface area contributed by atoms with Gasteiger partial charge in [-0.3, -0.25) is 0 Å². The molecule has 0 aliphatic carbocycles. The van der Waals surface area contributed by atoms with E-state index in [4.69, 9.17) is 4.74 Å². The Bertz CT molecular complexity index is 794. The molecule has 1 aliphatic rings. The first-order valence-corrected chi connectivity index (χ1v) is 8.48. The van der Waals surface area contributed by atoms with Crippen LogP contribution in [-0.2, 0) is 9.53 Å². The average molecular weight is 384 g/mol. The number of nitrogens with zero attached hydrogens (tertiary/aromatic N) is 1.